The number of alkyl halides is 3. The highest BCUT2D eigenvalue weighted by Gasteiger charge is 2.41. The van der Waals surface area contributed by atoms with Crippen LogP contribution < -0.4 is 5.32 Å². The highest BCUT2D eigenvalue weighted by atomic mass is 19.4. The molecule has 104 valence electrons. The van der Waals surface area contributed by atoms with E-state index in [0.717, 1.165) is 12.1 Å². The minimum Gasteiger partial charge on any atom is -0.388 e. The van der Waals surface area contributed by atoms with Crippen LogP contribution in [0.1, 0.15) is 30.6 Å². The average Bonchev–Trinajstić information content (AvgIpc) is 2.34. The van der Waals surface area contributed by atoms with Gasteiger partial charge in [0.15, 0.2) is 0 Å². The second-order valence-corrected chi connectivity index (χ2v) is 5.11. The molecule has 0 radical (unpaired) electrons. The molecule has 2 aliphatic rings. The first-order valence-electron chi connectivity index (χ1n) is 6.17. The molecule has 1 saturated heterocycles. The van der Waals surface area contributed by atoms with Crippen molar-refractivity contribution in [3.8, 4) is 0 Å². The van der Waals surface area contributed by atoms with Crippen LogP contribution in [0.3, 0.4) is 0 Å². The standard InChI is InChI=1S/C13H14F3NO2/c1-6-12(18)10-5-11(19-6)8-4-7(13(14,15)16)2-3-9(8)17-10/h2-4,6,10-12,17-18H,5H2,1H3/t6-,10+,11+,12-/m0/s1. The number of benzene rings is 1. The predicted molar refractivity (Wildman–Crippen MR) is 62.8 cm³/mol. The monoisotopic (exact) mass is 273 g/mol. The molecule has 1 fully saturated rings. The molecule has 0 amide bonds. The van der Waals surface area contributed by atoms with E-state index in [4.69, 9.17) is 4.74 Å². The minimum absolute atomic E-state index is 0.169. The smallest absolute Gasteiger partial charge is 0.388 e. The van der Waals surface area contributed by atoms with E-state index in [1.807, 2.05) is 0 Å². The Morgan fingerprint density at radius 3 is 2.79 bits per heavy atom. The highest BCUT2D eigenvalue weighted by molar-refractivity contribution is 5.57. The Hall–Kier alpha value is -1.27. The first-order chi connectivity index (χ1) is 8.86. The molecule has 3 rings (SSSR count). The lowest BCUT2D eigenvalue weighted by Gasteiger charge is -2.43. The van der Waals surface area contributed by atoms with E-state index in [9.17, 15) is 18.3 Å². The average molecular weight is 273 g/mol. The van der Waals surface area contributed by atoms with Gasteiger partial charge in [0, 0.05) is 17.7 Å². The van der Waals surface area contributed by atoms with Gasteiger partial charge in [-0.2, -0.15) is 13.2 Å². The molecule has 0 aromatic heterocycles. The van der Waals surface area contributed by atoms with Crippen molar-refractivity contribution in [2.45, 2.75) is 43.9 Å². The molecule has 2 aliphatic heterocycles. The van der Waals surface area contributed by atoms with Gasteiger partial charge in [0.05, 0.1) is 23.8 Å². The van der Waals surface area contributed by atoms with Crippen LogP contribution >= 0.6 is 0 Å². The summed E-state index contributed by atoms with van der Waals surface area (Å²) in [7, 11) is 0. The number of nitrogens with one attached hydrogen (secondary N) is 1. The summed E-state index contributed by atoms with van der Waals surface area (Å²) in [4.78, 5) is 0. The molecule has 0 spiro atoms. The summed E-state index contributed by atoms with van der Waals surface area (Å²) in [5, 5.41) is 13.0. The van der Waals surface area contributed by atoms with Crippen LogP contribution in [0, 0.1) is 0 Å². The molecule has 2 N–H and O–H groups in total. The Kier molecular flexibility index (Phi) is 2.76. The van der Waals surface area contributed by atoms with E-state index < -0.39 is 17.8 Å². The number of hydrogen-bond acceptors (Lipinski definition) is 3. The second-order valence-electron chi connectivity index (χ2n) is 5.11. The van der Waals surface area contributed by atoms with E-state index in [0.29, 0.717) is 17.7 Å². The molecule has 6 heteroatoms. The van der Waals surface area contributed by atoms with Gasteiger partial charge in [0.1, 0.15) is 6.10 Å². The fraction of sp³-hybridized carbons (Fsp3) is 0.538. The molecule has 0 aliphatic carbocycles. The molecule has 1 aromatic carbocycles. The van der Waals surface area contributed by atoms with Crippen molar-refractivity contribution < 1.29 is 23.0 Å². The van der Waals surface area contributed by atoms with E-state index >= 15 is 0 Å². The number of anilines is 1. The molecular weight excluding hydrogens is 259 g/mol. The van der Waals surface area contributed by atoms with Crippen molar-refractivity contribution in [3.05, 3.63) is 29.3 Å². The zero-order valence-electron chi connectivity index (χ0n) is 10.2. The lowest BCUT2D eigenvalue weighted by atomic mass is 9.87. The van der Waals surface area contributed by atoms with Crippen LogP contribution in [-0.2, 0) is 10.9 Å². The SMILES string of the molecule is C[C@@H]1O[C@@H]2C[C@@H](Nc3ccc(C(F)(F)F)cc32)[C@H]1O. The summed E-state index contributed by atoms with van der Waals surface area (Å²) in [5.41, 5.74) is 0.457. The molecule has 1 aromatic rings. The van der Waals surface area contributed by atoms with Gasteiger partial charge in [-0.3, -0.25) is 0 Å². The van der Waals surface area contributed by atoms with Gasteiger partial charge < -0.3 is 15.2 Å². The zero-order chi connectivity index (χ0) is 13.8. The van der Waals surface area contributed by atoms with Gasteiger partial charge in [-0.1, -0.05) is 0 Å². The zero-order valence-corrected chi connectivity index (χ0v) is 10.2. The van der Waals surface area contributed by atoms with Crippen molar-refractivity contribution >= 4 is 5.69 Å². The Balaban J connectivity index is 2.00. The molecule has 2 heterocycles. The number of ether oxygens (including phenoxy) is 1. The quantitative estimate of drug-likeness (QED) is 0.763. The fourth-order valence-electron chi connectivity index (χ4n) is 2.77. The van der Waals surface area contributed by atoms with Gasteiger partial charge >= 0.3 is 6.18 Å². The van der Waals surface area contributed by atoms with Crippen LogP contribution in [-0.4, -0.2) is 23.4 Å². The predicted octanol–water partition coefficient (Wildman–Crippen LogP) is 2.71. The maximum absolute atomic E-state index is 12.7. The van der Waals surface area contributed by atoms with Gasteiger partial charge in [-0.05, 0) is 25.1 Å². The maximum Gasteiger partial charge on any atom is 0.416 e. The summed E-state index contributed by atoms with van der Waals surface area (Å²) in [6.45, 7) is 1.73. The van der Waals surface area contributed by atoms with Gasteiger partial charge in [-0.25, -0.2) is 0 Å². The first kappa shape index (κ1) is 12.7. The summed E-state index contributed by atoms with van der Waals surface area (Å²) >= 11 is 0. The number of rotatable bonds is 0. The molecule has 2 bridgehead atoms. The Labute approximate surface area is 108 Å². The number of halogens is 3. The van der Waals surface area contributed by atoms with E-state index in [-0.39, 0.29) is 18.2 Å². The molecule has 4 atom stereocenters. The van der Waals surface area contributed by atoms with Crippen LogP contribution in [0.4, 0.5) is 18.9 Å². The Morgan fingerprint density at radius 2 is 2.11 bits per heavy atom. The molecular formula is C13H14F3NO2. The molecule has 3 nitrogen and oxygen atoms in total. The largest absolute Gasteiger partial charge is 0.416 e. The minimum atomic E-state index is -4.36. The maximum atomic E-state index is 12.7. The van der Waals surface area contributed by atoms with Crippen LogP contribution in [0.15, 0.2) is 18.2 Å². The summed E-state index contributed by atoms with van der Waals surface area (Å²) in [6, 6.07) is 3.41. The third-order valence-electron chi connectivity index (χ3n) is 3.81. The van der Waals surface area contributed by atoms with E-state index in [2.05, 4.69) is 5.32 Å². The van der Waals surface area contributed by atoms with Gasteiger partial charge in [0.25, 0.3) is 0 Å². The highest BCUT2D eigenvalue weighted by Crippen LogP contribution is 2.43. The van der Waals surface area contributed by atoms with Crippen LogP contribution in [0.25, 0.3) is 0 Å². The van der Waals surface area contributed by atoms with Gasteiger partial charge in [0.2, 0.25) is 0 Å². The Morgan fingerprint density at radius 1 is 1.37 bits per heavy atom. The van der Waals surface area contributed by atoms with E-state index in [1.165, 1.54) is 6.07 Å². The van der Waals surface area contributed by atoms with Crippen molar-refractivity contribution in [1.29, 1.82) is 0 Å². The third kappa shape index (κ3) is 2.08. The third-order valence-corrected chi connectivity index (χ3v) is 3.81. The number of fused-ring (bicyclic) bond motifs is 4. The number of aliphatic hydroxyl groups excluding tert-OH is 1. The molecule has 0 unspecified atom stereocenters. The van der Waals surface area contributed by atoms with Crippen LogP contribution in [0.5, 0.6) is 0 Å². The fourth-order valence-corrected chi connectivity index (χ4v) is 2.77. The second kappa shape index (κ2) is 4.11. The topological polar surface area (TPSA) is 41.5 Å². The molecule has 0 saturated carbocycles. The van der Waals surface area contributed by atoms with Crippen molar-refractivity contribution in [3.63, 3.8) is 0 Å². The number of aliphatic hydroxyl groups is 1. The van der Waals surface area contributed by atoms with Crippen LogP contribution in [0.2, 0.25) is 0 Å². The van der Waals surface area contributed by atoms with Gasteiger partial charge in [-0.15, -0.1) is 0 Å². The first-order valence-corrected chi connectivity index (χ1v) is 6.17. The lowest BCUT2D eigenvalue weighted by Crippen LogP contribution is -2.50. The van der Waals surface area contributed by atoms with Crippen molar-refractivity contribution in [2.75, 3.05) is 5.32 Å². The van der Waals surface area contributed by atoms with Crippen molar-refractivity contribution in [2.24, 2.45) is 0 Å². The lowest BCUT2D eigenvalue weighted by molar-refractivity contribution is -0.138. The summed E-state index contributed by atoms with van der Waals surface area (Å²) < 4.78 is 43.8. The van der Waals surface area contributed by atoms with E-state index in [1.54, 1.807) is 6.92 Å². The molecule has 19 heavy (non-hydrogen) atoms. The number of hydrogen-bond donors (Lipinski definition) is 2. The summed E-state index contributed by atoms with van der Waals surface area (Å²) in [6.07, 6.45) is -5.29. The van der Waals surface area contributed by atoms with Crippen molar-refractivity contribution in [1.82, 2.24) is 0 Å². The normalized spacial score (nSPS) is 33.5. The summed E-state index contributed by atoms with van der Waals surface area (Å²) in [5.74, 6) is 0. The Bertz CT molecular complexity index is 503.